The molecule has 7 heteroatoms. The Balaban J connectivity index is 0.00000200. The summed E-state index contributed by atoms with van der Waals surface area (Å²) < 4.78 is 27.8. The van der Waals surface area contributed by atoms with Crippen LogP contribution in [0.3, 0.4) is 0 Å². The van der Waals surface area contributed by atoms with Crippen LogP contribution >= 0.6 is 24.4 Å². The molecule has 3 nitrogen and oxygen atoms in total. The fourth-order valence-electron chi connectivity index (χ4n) is 1.44. The van der Waals surface area contributed by atoms with Crippen LogP contribution in [0.2, 0.25) is 0 Å². The average Bonchev–Trinajstić information content (AvgIpc) is 2.42. The van der Waals surface area contributed by atoms with Gasteiger partial charge in [0.05, 0.1) is 12.0 Å². The van der Waals surface area contributed by atoms with E-state index in [4.69, 9.17) is 0 Å². The Hall–Kier alpha value is 0.0500. The zero-order chi connectivity index (χ0) is 13.9. The zero-order valence-corrected chi connectivity index (χ0v) is 15.6. The Morgan fingerprint density at radius 1 is 1.15 bits per heavy atom. The molecule has 0 saturated heterocycles. The summed E-state index contributed by atoms with van der Waals surface area (Å²) in [6, 6.07) is 14.4. The number of benzene rings is 2. The molecule has 0 aliphatic carbocycles. The maximum atomic E-state index is 11.7. The normalized spacial score (nSPS) is 10.9. The standard InChI is InChI=1S/C13H12O3S3.Na.H/c1-16-19(14,15)11-7-8-12(17)13(9-11)18-10-5-3-2-4-6-10;;/h2-9,17H,1H3;;/q;+1;-1. The van der Waals surface area contributed by atoms with Crippen molar-refractivity contribution >= 4 is 34.5 Å². The van der Waals surface area contributed by atoms with Gasteiger partial charge in [-0.1, -0.05) is 30.0 Å². The van der Waals surface area contributed by atoms with E-state index in [2.05, 4.69) is 16.8 Å². The van der Waals surface area contributed by atoms with Crippen molar-refractivity contribution in [2.24, 2.45) is 0 Å². The van der Waals surface area contributed by atoms with Gasteiger partial charge in [-0.3, -0.25) is 4.18 Å². The van der Waals surface area contributed by atoms with Crippen molar-refractivity contribution in [3.8, 4) is 0 Å². The minimum Gasteiger partial charge on any atom is -1.00 e. The SMILES string of the molecule is COS(=O)(=O)c1ccc(S)c(Sc2ccccc2)c1.[H-].[Na+]. The Kier molecular flexibility index (Phi) is 7.14. The molecular weight excluding hydrogens is 323 g/mol. The van der Waals surface area contributed by atoms with E-state index in [0.717, 1.165) is 21.8 Å². The summed E-state index contributed by atoms with van der Waals surface area (Å²) in [5.41, 5.74) is 0. The number of rotatable bonds is 4. The third kappa shape index (κ3) is 4.53. The molecule has 0 fully saturated rings. The van der Waals surface area contributed by atoms with Gasteiger partial charge in [0.1, 0.15) is 0 Å². The smallest absolute Gasteiger partial charge is 1.00 e. The fraction of sp³-hybridized carbons (Fsp3) is 0.0769. The minimum atomic E-state index is -3.68. The third-order valence-electron chi connectivity index (χ3n) is 2.41. The molecule has 0 radical (unpaired) electrons. The van der Waals surface area contributed by atoms with E-state index in [-0.39, 0.29) is 35.9 Å². The average molecular weight is 336 g/mol. The van der Waals surface area contributed by atoms with Gasteiger partial charge >= 0.3 is 29.6 Å². The second kappa shape index (κ2) is 7.89. The van der Waals surface area contributed by atoms with Crippen LogP contribution < -0.4 is 29.6 Å². The molecule has 0 aliphatic heterocycles. The first-order valence-electron chi connectivity index (χ1n) is 5.39. The molecule has 0 aromatic heterocycles. The summed E-state index contributed by atoms with van der Waals surface area (Å²) in [5.74, 6) is 0. The molecule has 0 spiro atoms. The van der Waals surface area contributed by atoms with Crippen LogP contribution in [-0.2, 0) is 14.3 Å². The first-order chi connectivity index (χ1) is 9.03. The van der Waals surface area contributed by atoms with Crippen LogP contribution in [-0.4, -0.2) is 15.5 Å². The van der Waals surface area contributed by atoms with E-state index in [1.807, 2.05) is 30.3 Å². The van der Waals surface area contributed by atoms with Crippen molar-refractivity contribution in [1.29, 1.82) is 0 Å². The Labute approximate surface area is 152 Å². The van der Waals surface area contributed by atoms with E-state index >= 15 is 0 Å². The Morgan fingerprint density at radius 2 is 1.80 bits per heavy atom. The van der Waals surface area contributed by atoms with Gasteiger partial charge in [0.15, 0.2) is 0 Å². The van der Waals surface area contributed by atoms with Crippen LogP contribution in [0.5, 0.6) is 0 Å². The monoisotopic (exact) mass is 336 g/mol. The van der Waals surface area contributed by atoms with Crippen LogP contribution in [0.1, 0.15) is 1.43 Å². The summed E-state index contributed by atoms with van der Waals surface area (Å²) in [6.45, 7) is 0. The van der Waals surface area contributed by atoms with E-state index < -0.39 is 10.1 Å². The molecule has 102 valence electrons. The van der Waals surface area contributed by atoms with Crippen molar-refractivity contribution < 1.29 is 43.6 Å². The predicted octanol–water partition coefficient (Wildman–Crippen LogP) is 0.578. The zero-order valence-electron chi connectivity index (χ0n) is 12.1. The summed E-state index contributed by atoms with van der Waals surface area (Å²) in [7, 11) is -2.53. The van der Waals surface area contributed by atoms with Crippen molar-refractivity contribution in [3.63, 3.8) is 0 Å². The molecule has 20 heavy (non-hydrogen) atoms. The molecule has 0 unspecified atom stereocenters. The van der Waals surface area contributed by atoms with Crippen LogP contribution in [0.25, 0.3) is 0 Å². The van der Waals surface area contributed by atoms with E-state index in [1.54, 1.807) is 12.1 Å². The molecular formula is C13H13NaO3S3. The largest absolute Gasteiger partial charge is 1.00 e. The molecule has 0 aliphatic rings. The quantitative estimate of drug-likeness (QED) is 0.504. The topological polar surface area (TPSA) is 43.4 Å². The number of hydrogen-bond acceptors (Lipinski definition) is 5. The van der Waals surface area contributed by atoms with Gasteiger partial charge < -0.3 is 1.43 Å². The first kappa shape index (κ1) is 18.1. The molecule has 2 rings (SSSR count). The van der Waals surface area contributed by atoms with Gasteiger partial charge in [-0.15, -0.1) is 12.6 Å². The van der Waals surface area contributed by atoms with Gasteiger partial charge in [-0.05, 0) is 30.3 Å². The van der Waals surface area contributed by atoms with Crippen molar-refractivity contribution in [3.05, 3.63) is 48.5 Å². The van der Waals surface area contributed by atoms with Gasteiger partial charge in [0.2, 0.25) is 0 Å². The molecule has 2 aromatic rings. The predicted molar refractivity (Wildman–Crippen MR) is 79.6 cm³/mol. The Bertz CT molecular complexity index is 678. The van der Waals surface area contributed by atoms with Crippen LogP contribution in [0.15, 0.2) is 68.1 Å². The summed E-state index contributed by atoms with van der Waals surface area (Å²) in [5, 5.41) is 0. The fourth-order valence-corrected chi connectivity index (χ4v) is 3.39. The maximum Gasteiger partial charge on any atom is 1.00 e. The van der Waals surface area contributed by atoms with Gasteiger partial charge in [-0.25, -0.2) is 0 Å². The minimum absolute atomic E-state index is 0. The molecule has 0 saturated carbocycles. The number of thiol groups is 1. The van der Waals surface area contributed by atoms with Gasteiger partial charge in [0, 0.05) is 14.7 Å². The van der Waals surface area contributed by atoms with Gasteiger partial charge in [-0.2, -0.15) is 8.42 Å². The van der Waals surface area contributed by atoms with Crippen LogP contribution in [0.4, 0.5) is 0 Å². The molecule has 0 N–H and O–H groups in total. The van der Waals surface area contributed by atoms with Crippen molar-refractivity contribution in [2.45, 2.75) is 19.6 Å². The first-order valence-corrected chi connectivity index (χ1v) is 8.06. The molecule has 0 amide bonds. The van der Waals surface area contributed by atoms with Crippen molar-refractivity contribution in [2.75, 3.05) is 7.11 Å². The third-order valence-corrected chi connectivity index (χ3v) is 5.29. The van der Waals surface area contributed by atoms with Gasteiger partial charge in [0.25, 0.3) is 10.1 Å². The summed E-state index contributed by atoms with van der Waals surface area (Å²) in [6.07, 6.45) is 0. The number of hydrogen-bond donors (Lipinski definition) is 1. The second-order valence-electron chi connectivity index (χ2n) is 3.67. The van der Waals surface area contributed by atoms with E-state index in [9.17, 15) is 8.42 Å². The summed E-state index contributed by atoms with van der Waals surface area (Å²) >= 11 is 5.80. The maximum absolute atomic E-state index is 11.7. The van der Waals surface area contributed by atoms with E-state index in [0.29, 0.717) is 0 Å². The molecule has 2 aromatic carbocycles. The summed E-state index contributed by atoms with van der Waals surface area (Å²) in [4.78, 5) is 2.65. The van der Waals surface area contributed by atoms with Crippen molar-refractivity contribution in [1.82, 2.24) is 0 Å². The molecule has 0 bridgehead atoms. The Morgan fingerprint density at radius 3 is 2.40 bits per heavy atom. The molecule has 0 heterocycles. The molecule has 0 atom stereocenters. The van der Waals surface area contributed by atoms with E-state index in [1.165, 1.54) is 17.8 Å². The second-order valence-corrected chi connectivity index (χ2v) is 6.98. The van der Waals surface area contributed by atoms with Crippen LogP contribution in [0, 0.1) is 0 Å².